The standard InChI is InChI=1S/C15H19BrFN5O/c16-14-11-22(21(9-10-23)15(14)18)20-7-5-19(6-8-20)13-3-1-12(17)2-4-13/h1-4,10H,5-9,11,18H2. The van der Waals surface area contributed by atoms with Gasteiger partial charge in [0, 0.05) is 31.9 Å². The predicted molar refractivity (Wildman–Crippen MR) is 89.8 cm³/mol. The van der Waals surface area contributed by atoms with Gasteiger partial charge in [-0.2, -0.15) is 0 Å². The number of anilines is 1. The Labute approximate surface area is 143 Å². The van der Waals surface area contributed by atoms with Crippen molar-refractivity contribution in [3.05, 3.63) is 40.4 Å². The van der Waals surface area contributed by atoms with Gasteiger partial charge in [-0.15, -0.1) is 5.12 Å². The molecule has 0 spiro atoms. The number of aldehydes is 1. The normalized spacial score (nSPS) is 20.4. The summed E-state index contributed by atoms with van der Waals surface area (Å²) >= 11 is 3.46. The van der Waals surface area contributed by atoms with Gasteiger partial charge < -0.3 is 15.4 Å². The predicted octanol–water partition coefficient (Wildman–Crippen LogP) is 1.12. The number of hydrogen-bond donors (Lipinski definition) is 1. The second-order valence-corrected chi connectivity index (χ2v) is 6.44. The highest BCUT2D eigenvalue weighted by molar-refractivity contribution is 9.11. The molecule has 0 bridgehead atoms. The molecule has 0 unspecified atom stereocenters. The number of piperazine rings is 1. The van der Waals surface area contributed by atoms with Gasteiger partial charge in [0.25, 0.3) is 0 Å². The van der Waals surface area contributed by atoms with Gasteiger partial charge in [-0.1, -0.05) is 15.9 Å². The Hall–Kier alpha value is -1.64. The molecule has 1 aromatic rings. The number of nitrogens with two attached hydrogens (primary N) is 1. The molecule has 2 aliphatic heterocycles. The quantitative estimate of drug-likeness (QED) is 0.786. The number of nitrogens with zero attached hydrogens (tertiary/aromatic N) is 4. The highest BCUT2D eigenvalue weighted by atomic mass is 79.9. The van der Waals surface area contributed by atoms with E-state index in [1.54, 1.807) is 17.1 Å². The van der Waals surface area contributed by atoms with Crippen LogP contribution >= 0.6 is 15.9 Å². The van der Waals surface area contributed by atoms with Crippen molar-refractivity contribution in [2.24, 2.45) is 5.73 Å². The van der Waals surface area contributed by atoms with Gasteiger partial charge >= 0.3 is 0 Å². The van der Waals surface area contributed by atoms with Crippen molar-refractivity contribution in [2.45, 2.75) is 0 Å². The highest BCUT2D eigenvalue weighted by Crippen LogP contribution is 2.26. The van der Waals surface area contributed by atoms with Gasteiger partial charge in [-0.25, -0.2) is 9.40 Å². The largest absolute Gasteiger partial charge is 0.384 e. The second-order valence-electron chi connectivity index (χ2n) is 5.49. The molecular formula is C15H19BrFN5O. The molecule has 1 fully saturated rings. The lowest BCUT2D eigenvalue weighted by Crippen LogP contribution is -2.58. The minimum absolute atomic E-state index is 0.222. The average Bonchev–Trinajstić information content (AvgIpc) is 2.85. The van der Waals surface area contributed by atoms with Gasteiger partial charge in [-0.05, 0) is 24.3 Å². The second kappa shape index (κ2) is 6.86. The van der Waals surface area contributed by atoms with Gasteiger partial charge in [0.15, 0.2) is 0 Å². The van der Waals surface area contributed by atoms with Crippen molar-refractivity contribution in [1.29, 1.82) is 0 Å². The van der Waals surface area contributed by atoms with E-state index < -0.39 is 0 Å². The fraction of sp³-hybridized carbons (Fsp3) is 0.400. The van der Waals surface area contributed by atoms with Crippen LogP contribution in [0.15, 0.2) is 34.6 Å². The summed E-state index contributed by atoms with van der Waals surface area (Å²) in [6.45, 7) is 4.14. The van der Waals surface area contributed by atoms with E-state index in [-0.39, 0.29) is 12.4 Å². The summed E-state index contributed by atoms with van der Waals surface area (Å²) in [6, 6.07) is 6.57. The Bertz CT molecular complexity index is 600. The van der Waals surface area contributed by atoms with E-state index in [9.17, 15) is 9.18 Å². The third-order valence-corrected chi connectivity index (χ3v) is 4.79. The molecule has 124 valence electrons. The van der Waals surface area contributed by atoms with Crippen LogP contribution in [0.1, 0.15) is 0 Å². The van der Waals surface area contributed by atoms with Crippen molar-refractivity contribution in [2.75, 3.05) is 44.2 Å². The van der Waals surface area contributed by atoms with Crippen LogP contribution in [0.4, 0.5) is 10.1 Å². The summed E-state index contributed by atoms with van der Waals surface area (Å²) in [5.41, 5.74) is 7.05. The molecule has 0 aliphatic carbocycles. The number of halogens is 2. The zero-order valence-corrected chi connectivity index (χ0v) is 14.2. The molecule has 23 heavy (non-hydrogen) atoms. The Morgan fingerprint density at radius 1 is 1.17 bits per heavy atom. The average molecular weight is 384 g/mol. The lowest BCUT2D eigenvalue weighted by atomic mass is 10.2. The summed E-state index contributed by atoms with van der Waals surface area (Å²) in [6.07, 6.45) is 0.847. The van der Waals surface area contributed by atoms with Crippen molar-refractivity contribution >= 4 is 27.9 Å². The van der Waals surface area contributed by atoms with Crippen molar-refractivity contribution < 1.29 is 9.18 Å². The Morgan fingerprint density at radius 3 is 2.43 bits per heavy atom. The first-order valence-corrected chi connectivity index (χ1v) is 8.27. The molecule has 2 N–H and O–H groups in total. The third-order valence-electron chi connectivity index (χ3n) is 4.14. The molecule has 1 saturated heterocycles. The summed E-state index contributed by atoms with van der Waals surface area (Å²) in [4.78, 5) is 13.1. The number of rotatable bonds is 4. The summed E-state index contributed by atoms with van der Waals surface area (Å²) < 4.78 is 13.9. The molecule has 6 nitrogen and oxygen atoms in total. The van der Waals surface area contributed by atoms with Gasteiger partial charge in [0.1, 0.15) is 17.9 Å². The van der Waals surface area contributed by atoms with Crippen LogP contribution in [0.5, 0.6) is 0 Å². The fourth-order valence-corrected chi connectivity index (χ4v) is 3.34. The molecule has 0 saturated carbocycles. The van der Waals surface area contributed by atoms with Crippen molar-refractivity contribution in [3.8, 4) is 0 Å². The molecule has 2 aliphatic rings. The van der Waals surface area contributed by atoms with Crippen LogP contribution in [-0.2, 0) is 4.79 Å². The first-order chi connectivity index (χ1) is 11.1. The molecule has 1 aromatic carbocycles. The molecule has 8 heteroatoms. The summed E-state index contributed by atoms with van der Waals surface area (Å²) in [7, 11) is 0. The van der Waals surface area contributed by atoms with Crippen LogP contribution in [0, 0.1) is 5.82 Å². The molecule has 0 aromatic heterocycles. The topological polar surface area (TPSA) is 56.1 Å². The van der Waals surface area contributed by atoms with E-state index in [2.05, 4.69) is 25.8 Å². The maximum absolute atomic E-state index is 13.0. The lowest BCUT2D eigenvalue weighted by Gasteiger charge is -2.43. The molecule has 3 rings (SSSR count). The Kier molecular flexibility index (Phi) is 4.84. The van der Waals surface area contributed by atoms with Crippen LogP contribution < -0.4 is 10.6 Å². The smallest absolute Gasteiger partial charge is 0.141 e. The number of hydrogen-bond acceptors (Lipinski definition) is 6. The maximum atomic E-state index is 13.0. The minimum atomic E-state index is -0.222. The monoisotopic (exact) mass is 383 g/mol. The van der Waals surface area contributed by atoms with E-state index in [0.717, 1.165) is 42.6 Å². The van der Waals surface area contributed by atoms with Gasteiger partial charge in [0.05, 0.1) is 17.6 Å². The minimum Gasteiger partial charge on any atom is -0.384 e. The van der Waals surface area contributed by atoms with Crippen molar-refractivity contribution in [3.63, 3.8) is 0 Å². The van der Waals surface area contributed by atoms with E-state index in [0.29, 0.717) is 12.4 Å². The molecular weight excluding hydrogens is 365 g/mol. The Balaban J connectivity index is 1.62. The number of hydrazine groups is 2. The van der Waals surface area contributed by atoms with Crippen LogP contribution in [-0.4, -0.2) is 60.7 Å². The van der Waals surface area contributed by atoms with E-state index in [4.69, 9.17) is 5.73 Å². The number of carbonyl (C=O) groups excluding carboxylic acids is 1. The molecule has 0 atom stereocenters. The van der Waals surface area contributed by atoms with Crippen LogP contribution in [0.25, 0.3) is 0 Å². The summed E-state index contributed by atoms with van der Waals surface area (Å²) in [5, 5.41) is 5.98. The van der Waals surface area contributed by atoms with Crippen LogP contribution in [0.3, 0.4) is 0 Å². The van der Waals surface area contributed by atoms with Gasteiger partial charge in [0.2, 0.25) is 0 Å². The number of carbonyl (C=O) groups is 1. The zero-order valence-electron chi connectivity index (χ0n) is 12.7. The van der Waals surface area contributed by atoms with E-state index >= 15 is 0 Å². The zero-order chi connectivity index (χ0) is 16.4. The van der Waals surface area contributed by atoms with E-state index in [1.807, 2.05) is 5.12 Å². The lowest BCUT2D eigenvalue weighted by molar-refractivity contribution is -0.153. The SMILES string of the molecule is NC1=C(Br)CN(N2CCN(c3ccc(F)cc3)CC2)N1CC=O. The van der Waals surface area contributed by atoms with Crippen LogP contribution in [0.2, 0.25) is 0 Å². The van der Waals surface area contributed by atoms with Crippen molar-refractivity contribution in [1.82, 2.24) is 15.1 Å². The molecule has 2 heterocycles. The highest BCUT2D eigenvalue weighted by Gasteiger charge is 2.33. The first-order valence-electron chi connectivity index (χ1n) is 7.48. The van der Waals surface area contributed by atoms with E-state index in [1.165, 1.54) is 12.1 Å². The fourth-order valence-electron chi connectivity index (χ4n) is 2.91. The molecule has 0 amide bonds. The molecule has 0 radical (unpaired) electrons. The Morgan fingerprint density at radius 2 is 1.83 bits per heavy atom. The van der Waals surface area contributed by atoms with Gasteiger partial charge in [-0.3, -0.25) is 5.01 Å². The number of benzene rings is 1. The third kappa shape index (κ3) is 3.34. The first kappa shape index (κ1) is 16.2. The summed E-state index contributed by atoms with van der Waals surface area (Å²) in [5.74, 6) is 0.360. The maximum Gasteiger partial charge on any atom is 0.141 e.